The molecular formula is C18H37NO2Si2. The fourth-order valence-corrected chi connectivity index (χ4v) is 5.38. The van der Waals surface area contributed by atoms with Gasteiger partial charge in [0.2, 0.25) is 0 Å². The fourth-order valence-electron chi connectivity index (χ4n) is 2.51. The largest absolute Gasteiger partial charge is 0.410 e. The third-order valence-corrected chi connectivity index (χ3v) is 15.2. The van der Waals surface area contributed by atoms with E-state index in [1.54, 1.807) is 0 Å². The maximum absolute atomic E-state index is 10.00. The lowest BCUT2D eigenvalue weighted by atomic mass is 10.0. The van der Waals surface area contributed by atoms with Crippen LogP contribution >= 0.6 is 0 Å². The van der Waals surface area contributed by atoms with Crippen LogP contribution in [0.2, 0.25) is 36.3 Å². The Morgan fingerprint density at radius 1 is 0.957 bits per heavy atom. The van der Waals surface area contributed by atoms with Crippen LogP contribution in [-0.2, 0) is 8.85 Å². The number of nitriles is 1. The van der Waals surface area contributed by atoms with E-state index >= 15 is 0 Å². The van der Waals surface area contributed by atoms with Gasteiger partial charge < -0.3 is 8.85 Å². The molecule has 2 unspecified atom stereocenters. The molecule has 0 bridgehead atoms. The second-order valence-electron chi connectivity index (χ2n) is 10.1. The highest BCUT2D eigenvalue weighted by Gasteiger charge is 2.54. The van der Waals surface area contributed by atoms with Gasteiger partial charge in [0.05, 0.1) is 12.2 Å². The van der Waals surface area contributed by atoms with Crippen molar-refractivity contribution in [2.24, 2.45) is 0 Å². The van der Waals surface area contributed by atoms with Crippen molar-refractivity contribution in [2.45, 2.75) is 109 Å². The molecular weight excluding hydrogens is 318 g/mol. The minimum absolute atomic E-state index is 0.0810. The lowest BCUT2D eigenvalue weighted by Gasteiger charge is -2.46. The van der Waals surface area contributed by atoms with E-state index in [1.165, 1.54) is 0 Å². The first-order valence-corrected chi connectivity index (χ1v) is 14.7. The SMILES string of the molecule is CC(C)(C)[Si](C)(C)OC1CCCC1(C#N)O[Si](C)(C)C(C)(C)C. The van der Waals surface area contributed by atoms with Crippen molar-refractivity contribution in [1.82, 2.24) is 0 Å². The van der Waals surface area contributed by atoms with Gasteiger partial charge in [0.15, 0.2) is 22.2 Å². The third kappa shape index (κ3) is 4.28. The van der Waals surface area contributed by atoms with Crippen LogP contribution in [0.5, 0.6) is 0 Å². The maximum atomic E-state index is 10.00. The van der Waals surface area contributed by atoms with Crippen LogP contribution in [0.4, 0.5) is 0 Å². The molecule has 0 aromatic rings. The van der Waals surface area contributed by atoms with Gasteiger partial charge in [-0.2, -0.15) is 5.26 Å². The van der Waals surface area contributed by atoms with E-state index in [0.717, 1.165) is 19.3 Å². The van der Waals surface area contributed by atoms with Gasteiger partial charge in [-0.25, -0.2) is 0 Å². The molecule has 1 fully saturated rings. The van der Waals surface area contributed by atoms with Crippen molar-refractivity contribution in [2.75, 3.05) is 0 Å². The zero-order valence-corrected chi connectivity index (χ0v) is 19.0. The average Bonchev–Trinajstić information content (AvgIpc) is 2.68. The normalized spacial score (nSPS) is 27.1. The summed E-state index contributed by atoms with van der Waals surface area (Å²) in [5, 5.41) is 10.2. The Kier molecular flexibility index (Phi) is 5.71. The maximum Gasteiger partial charge on any atom is 0.194 e. The van der Waals surface area contributed by atoms with E-state index in [4.69, 9.17) is 8.85 Å². The molecule has 5 heteroatoms. The number of rotatable bonds is 4. The molecule has 0 radical (unpaired) electrons. The zero-order chi connectivity index (χ0) is 18.3. The molecule has 1 rings (SSSR count). The van der Waals surface area contributed by atoms with Gasteiger partial charge in [0, 0.05) is 0 Å². The first-order chi connectivity index (χ1) is 10.1. The molecule has 2 atom stereocenters. The standard InChI is InChI=1S/C18H37NO2Si2/c1-16(2,3)22(7,8)20-15-12-11-13-18(15,14-19)21-23(9,10)17(4,5)6/h15H,11-13H2,1-10H3. The number of hydrogen-bond donors (Lipinski definition) is 0. The molecule has 1 aliphatic carbocycles. The second-order valence-corrected chi connectivity index (χ2v) is 19.6. The highest BCUT2D eigenvalue weighted by Crippen LogP contribution is 2.47. The van der Waals surface area contributed by atoms with E-state index < -0.39 is 22.2 Å². The minimum Gasteiger partial charge on any atom is -0.410 e. The van der Waals surface area contributed by atoms with Gasteiger partial charge in [-0.15, -0.1) is 0 Å². The van der Waals surface area contributed by atoms with Crippen molar-refractivity contribution in [3.8, 4) is 6.07 Å². The van der Waals surface area contributed by atoms with Crippen LogP contribution in [0.1, 0.15) is 60.8 Å². The zero-order valence-electron chi connectivity index (χ0n) is 17.0. The van der Waals surface area contributed by atoms with Crippen molar-refractivity contribution in [3.63, 3.8) is 0 Å². The van der Waals surface area contributed by atoms with Crippen molar-refractivity contribution in [3.05, 3.63) is 0 Å². The fraction of sp³-hybridized carbons (Fsp3) is 0.944. The molecule has 0 amide bonds. The molecule has 0 aliphatic heterocycles. The van der Waals surface area contributed by atoms with Crippen LogP contribution in [0.25, 0.3) is 0 Å². The van der Waals surface area contributed by atoms with Crippen LogP contribution in [0.3, 0.4) is 0 Å². The Bertz CT molecular complexity index is 469. The van der Waals surface area contributed by atoms with Crippen molar-refractivity contribution >= 4 is 16.6 Å². The van der Waals surface area contributed by atoms with Crippen molar-refractivity contribution in [1.29, 1.82) is 5.26 Å². The minimum atomic E-state index is -2.01. The summed E-state index contributed by atoms with van der Waals surface area (Å²) in [6.45, 7) is 22.4. The molecule has 0 spiro atoms. The van der Waals surface area contributed by atoms with Gasteiger partial charge in [-0.05, 0) is 55.5 Å². The molecule has 1 aliphatic rings. The number of nitrogens with zero attached hydrogens (tertiary/aromatic N) is 1. The molecule has 0 heterocycles. The topological polar surface area (TPSA) is 42.2 Å². The van der Waals surface area contributed by atoms with Gasteiger partial charge in [-0.1, -0.05) is 41.5 Å². The molecule has 134 valence electrons. The summed E-state index contributed by atoms with van der Waals surface area (Å²) in [6, 6.07) is 2.54. The Balaban J connectivity index is 3.09. The summed E-state index contributed by atoms with van der Waals surface area (Å²) in [5.74, 6) is 0. The van der Waals surface area contributed by atoms with Gasteiger partial charge in [0.25, 0.3) is 0 Å². The van der Waals surface area contributed by atoms with Crippen LogP contribution in [-0.4, -0.2) is 28.3 Å². The van der Waals surface area contributed by atoms with Gasteiger partial charge in [-0.3, -0.25) is 0 Å². The monoisotopic (exact) mass is 355 g/mol. The molecule has 0 aromatic carbocycles. The molecule has 0 aromatic heterocycles. The van der Waals surface area contributed by atoms with E-state index in [1.807, 2.05) is 0 Å². The van der Waals surface area contributed by atoms with Gasteiger partial charge in [0.1, 0.15) is 0 Å². The average molecular weight is 356 g/mol. The van der Waals surface area contributed by atoms with Crippen molar-refractivity contribution < 1.29 is 8.85 Å². The quantitative estimate of drug-likeness (QED) is 0.594. The van der Waals surface area contributed by atoms with E-state index in [0.29, 0.717) is 0 Å². The third-order valence-electron chi connectivity index (χ3n) is 6.21. The summed E-state index contributed by atoms with van der Waals surface area (Å²) in [4.78, 5) is 0. The summed E-state index contributed by atoms with van der Waals surface area (Å²) in [5.41, 5.74) is -0.751. The Morgan fingerprint density at radius 2 is 1.43 bits per heavy atom. The highest BCUT2D eigenvalue weighted by atomic mass is 28.4. The molecule has 0 saturated heterocycles. The predicted molar refractivity (Wildman–Crippen MR) is 103 cm³/mol. The molecule has 3 nitrogen and oxygen atoms in total. The van der Waals surface area contributed by atoms with Crippen LogP contribution < -0.4 is 0 Å². The summed E-state index contributed by atoms with van der Waals surface area (Å²) < 4.78 is 13.3. The lowest BCUT2D eigenvalue weighted by Crippen LogP contribution is -2.56. The van der Waals surface area contributed by atoms with Crippen LogP contribution in [0, 0.1) is 11.3 Å². The van der Waals surface area contributed by atoms with E-state index in [-0.39, 0.29) is 16.2 Å². The lowest BCUT2D eigenvalue weighted by molar-refractivity contribution is 0.00689. The predicted octanol–water partition coefficient (Wildman–Crippen LogP) is 5.84. The summed E-state index contributed by atoms with van der Waals surface area (Å²) in [7, 11) is -3.93. The Labute approximate surface area is 146 Å². The number of hydrogen-bond acceptors (Lipinski definition) is 3. The molecule has 23 heavy (non-hydrogen) atoms. The summed E-state index contributed by atoms with van der Waals surface area (Å²) >= 11 is 0. The van der Waals surface area contributed by atoms with Crippen LogP contribution in [0.15, 0.2) is 0 Å². The molecule has 1 saturated carbocycles. The van der Waals surface area contributed by atoms with E-state index in [9.17, 15) is 5.26 Å². The Hall–Kier alpha value is -0.156. The smallest absolute Gasteiger partial charge is 0.194 e. The second kappa shape index (κ2) is 6.29. The van der Waals surface area contributed by atoms with E-state index in [2.05, 4.69) is 73.8 Å². The first-order valence-electron chi connectivity index (χ1n) is 8.87. The summed E-state index contributed by atoms with van der Waals surface area (Å²) in [6.07, 6.45) is 2.67. The molecule has 0 N–H and O–H groups in total. The Morgan fingerprint density at radius 3 is 1.83 bits per heavy atom. The van der Waals surface area contributed by atoms with Gasteiger partial charge >= 0.3 is 0 Å². The highest BCUT2D eigenvalue weighted by molar-refractivity contribution is 6.74. The first kappa shape index (κ1) is 20.9.